The molecule has 1 saturated carbocycles. The summed E-state index contributed by atoms with van der Waals surface area (Å²) in [5.74, 6) is 1.98. The van der Waals surface area contributed by atoms with Gasteiger partial charge in [0.1, 0.15) is 0 Å². The summed E-state index contributed by atoms with van der Waals surface area (Å²) >= 11 is 0. The SMILES string of the molecule is CCN1CC2(CCC(CN3CCC(C)CC3)CC2)C1. The van der Waals surface area contributed by atoms with E-state index < -0.39 is 0 Å². The van der Waals surface area contributed by atoms with Crippen molar-refractivity contribution < 1.29 is 0 Å². The maximum Gasteiger partial charge on any atom is 0.00504 e. The molecule has 2 saturated heterocycles. The monoisotopic (exact) mass is 264 g/mol. The van der Waals surface area contributed by atoms with Crippen molar-refractivity contribution in [1.29, 1.82) is 0 Å². The van der Waals surface area contributed by atoms with Crippen LogP contribution in [0.4, 0.5) is 0 Å². The molecule has 19 heavy (non-hydrogen) atoms. The van der Waals surface area contributed by atoms with E-state index in [1.165, 1.54) is 77.8 Å². The molecule has 2 aliphatic heterocycles. The quantitative estimate of drug-likeness (QED) is 0.772. The Kier molecular flexibility index (Phi) is 4.19. The van der Waals surface area contributed by atoms with Gasteiger partial charge in [-0.2, -0.15) is 0 Å². The van der Waals surface area contributed by atoms with Gasteiger partial charge in [-0.3, -0.25) is 0 Å². The van der Waals surface area contributed by atoms with Crippen LogP contribution in [-0.2, 0) is 0 Å². The van der Waals surface area contributed by atoms with Crippen molar-refractivity contribution in [3.63, 3.8) is 0 Å². The van der Waals surface area contributed by atoms with Gasteiger partial charge in [-0.15, -0.1) is 0 Å². The van der Waals surface area contributed by atoms with E-state index in [-0.39, 0.29) is 0 Å². The Labute approximate surface area is 119 Å². The molecule has 110 valence electrons. The van der Waals surface area contributed by atoms with E-state index in [9.17, 15) is 0 Å². The molecule has 0 bridgehead atoms. The third-order valence-electron chi connectivity index (χ3n) is 6.12. The highest BCUT2D eigenvalue weighted by Crippen LogP contribution is 2.45. The highest BCUT2D eigenvalue weighted by Gasteiger charge is 2.44. The molecule has 0 aromatic rings. The van der Waals surface area contributed by atoms with Crippen molar-refractivity contribution >= 4 is 0 Å². The fourth-order valence-electron chi connectivity index (χ4n) is 4.52. The molecule has 3 fully saturated rings. The van der Waals surface area contributed by atoms with Crippen LogP contribution in [0.5, 0.6) is 0 Å². The molecule has 0 aromatic heterocycles. The second-order valence-corrected chi connectivity index (χ2v) is 7.73. The van der Waals surface area contributed by atoms with Crippen LogP contribution in [0.2, 0.25) is 0 Å². The van der Waals surface area contributed by atoms with Crippen molar-refractivity contribution in [2.75, 3.05) is 39.3 Å². The smallest absolute Gasteiger partial charge is 0.00504 e. The predicted molar refractivity (Wildman–Crippen MR) is 81.3 cm³/mol. The molecule has 0 N–H and O–H groups in total. The van der Waals surface area contributed by atoms with Crippen molar-refractivity contribution in [1.82, 2.24) is 9.80 Å². The van der Waals surface area contributed by atoms with E-state index in [1.807, 2.05) is 0 Å². The van der Waals surface area contributed by atoms with Crippen molar-refractivity contribution in [3.8, 4) is 0 Å². The molecule has 0 amide bonds. The van der Waals surface area contributed by atoms with Gasteiger partial charge in [0.05, 0.1) is 0 Å². The van der Waals surface area contributed by atoms with E-state index in [1.54, 1.807) is 0 Å². The maximum absolute atomic E-state index is 2.75. The summed E-state index contributed by atoms with van der Waals surface area (Å²) in [4.78, 5) is 5.37. The normalized spacial score (nSPS) is 30.6. The summed E-state index contributed by atoms with van der Waals surface area (Å²) in [7, 11) is 0. The van der Waals surface area contributed by atoms with Crippen LogP contribution >= 0.6 is 0 Å². The van der Waals surface area contributed by atoms with Crippen molar-refractivity contribution in [2.45, 2.75) is 52.4 Å². The highest BCUT2D eigenvalue weighted by molar-refractivity contribution is 4.97. The van der Waals surface area contributed by atoms with Gasteiger partial charge in [0.25, 0.3) is 0 Å². The van der Waals surface area contributed by atoms with E-state index in [0.717, 1.165) is 17.3 Å². The van der Waals surface area contributed by atoms with Crippen LogP contribution in [-0.4, -0.2) is 49.1 Å². The van der Waals surface area contributed by atoms with Gasteiger partial charge in [-0.1, -0.05) is 13.8 Å². The predicted octanol–water partition coefficient (Wildman–Crippen LogP) is 3.23. The standard InChI is InChI=1S/C17H32N2/c1-3-18-13-17(14-18)8-4-16(5-9-17)12-19-10-6-15(2)7-11-19/h15-16H,3-14H2,1-2H3. The Morgan fingerprint density at radius 1 is 0.947 bits per heavy atom. The summed E-state index contributed by atoms with van der Waals surface area (Å²) in [6, 6.07) is 0. The third kappa shape index (κ3) is 3.16. The zero-order valence-corrected chi connectivity index (χ0v) is 13.0. The molecular weight excluding hydrogens is 232 g/mol. The lowest BCUT2D eigenvalue weighted by Gasteiger charge is -2.53. The molecule has 2 heteroatoms. The maximum atomic E-state index is 2.75. The van der Waals surface area contributed by atoms with Gasteiger partial charge in [0.2, 0.25) is 0 Å². The van der Waals surface area contributed by atoms with Crippen LogP contribution in [0.1, 0.15) is 52.4 Å². The van der Waals surface area contributed by atoms with Gasteiger partial charge < -0.3 is 9.80 Å². The molecule has 1 spiro atoms. The minimum absolute atomic E-state index is 0.753. The molecule has 2 nitrogen and oxygen atoms in total. The van der Waals surface area contributed by atoms with Gasteiger partial charge in [0, 0.05) is 19.6 Å². The number of hydrogen-bond donors (Lipinski definition) is 0. The Morgan fingerprint density at radius 2 is 1.58 bits per heavy atom. The number of likely N-dealkylation sites (tertiary alicyclic amines) is 2. The van der Waals surface area contributed by atoms with Gasteiger partial charge in [-0.25, -0.2) is 0 Å². The summed E-state index contributed by atoms with van der Waals surface area (Å²) in [5.41, 5.74) is 0.753. The lowest BCUT2D eigenvalue weighted by molar-refractivity contribution is -0.0382. The molecule has 2 heterocycles. The largest absolute Gasteiger partial charge is 0.303 e. The molecule has 0 radical (unpaired) electrons. The lowest BCUT2D eigenvalue weighted by Crippen LogP contribution is -2.57. The molecule has 1 aliphatic carbocycles. The molecule has 3 aliphatic rings. The zero-order chi connectivity index (χ0) is 13.3. The fourth-order valence-corrected chi connectivity index (χ4v) is 4.52. The second kappa shape index (κ2) is 5.73. The first kappa shape index (κ1) is 13.9. The summed E-state index contributed by atoms with van der Waals surface area (Å²) in [6.07, 6.45) is 8.90. The van der Waals surface area contributed by atoms with E-state index in [0.29, 0.717) is 0 Å². The van der Waals surface area contributed by atoms with Crippen LogP contribution in [0.15, 0.2) is 0 Å². The number of hydrogen-bond acceptors (Lipinski definition) is 2. The molecular formula is C17H32N2. The number of nitrogens with zero attached hydrogens (tertiary/aromatic N) is 2. The Morgan fingerprint density at radius 3 is 2.16 bits per heavy atom. The fraction of sp³-hybridized carbons (Fsp3) is 1.00. The summed E-state index contributed by atoms with van der Waals surface area (Å²) in [6.45, 7) is 12.9. The van der Waals surface area contributed by atoms with Crippen molar-refractivity contribution in [2.24, 2.45) is 17.3 Å². The van der Waals surface area contributed by atoms with Crippen LogP contribution < -0.4 is 0 Å². The van der Waals surface area contributed by atoms with Gasteiger partial charge in [0.15, 0.2) is 0 Å². The Bertz CT molecular complexity index is 278. The molecule has 0 unspecified atom stereocenters. The lowest BCUT2D eigenvalue weighted by atomic mass is 9.66. The Balaban J connectivity index is 1.39. The van der Waals surface area contributed by atoms with Gasteiger partial charge in [-0.05, 0) is 75.4 Å². The number of piperidine rings is 1. The molecule has 3 rings (SSSR count). The van der Waals surface area contributed by atoms with E-state index >= 15 is 0 Å². The van der Waals surface area contributed by atoms with Crippen LogP contribution in [0.3, 0.4) is 0 Å². The molecule has 0 atom stereocenters. The van der Waals surface area contributed by atoms with E-state index in [2.05, 4.69) is 23.6 Å². The summed E-state index contributed by atoms with van der Waals surface area (Å²) in [5, 5.41) is 0. The average Bonchev–Trinajstić information content (AvgIpc) is 2.40. The molecule has 0 aromatic carbocycles. The first-order valence-electron chi connectivity index (χ1n) is 8.64. The topological polar surface area (TPSA) is 6.48 Å². The third-order valence-corrected chi connectivity index (χ3v) is 6.12. The Hall–Kier alpha value is -0.0800. The summed E-state index contributed by atoms with van der Waals surface area (Å²) < 4.78 is 0. The van der Waals surface area contributed by atoms with Crippen LogP contribution in [0, 0.1) is 17.3 Å². The van der Waals surface area contributed by atoms with Gasteiger partial charge >= 0.3 is 0 Å². The number of rotatable bonds is 3. The van der Waals surface area contributed by atoms with E-state index in [4.69, 9.17) is 0 Å². The van der Waals surface area contributed by atoms with Crippen molar-refractivity contribution in [3.05, 3.63) is 0 Å². The average molecular weight is 264 g/mol. The highest BCUT2D eigenvalue weighted by atomic mass is 15.2. The first-order chi connectivity index (χ1) is 9.19. The van der Waals surface area contributed by atoms with Crippen LogP contribution in [0.25, 0.3) is 0 Å². The zero-order valence-electron chi connectivity index (χ0n) is 13.0. The minimum atomic E-state index is 0.753. The first-order valence-corrected chi connectivity index (χ1v) is 8.64. The second-order valence-electron chi connectivity index (χ2n) is 7.73. The minimum Gasteiger partial charge on any atom is -0.303 e.